The number of rotatable bonds is 6. The molecule has 0 N–H and O–H groups in total. The molecule has 0 heterocycles. The van der Waals surface area contributed by atoms with Gasteiger partial charge in [-0.15, -0.1) is 0 Å². The van der Waals surface area contributed by atoms with Crippen molar-refractivity contribution >= 4 is 22.9 Å². The average molecular weight is 401 g/mol. The molecule has 0 atom stereocenters. The van der Waals surface area contributed by atoms with Gasteiger partial charge in [0.05, 0.1) is 0 Å². The maximum absolute atomic E-state index is 13.1. The van der Waals surface area contributed by atoms with Crippen molar-refractivity contribution in [3.05, 3.63) is 76.4 Å². The molecule has 0 unspecified atom stereocenters. The van der Waals surface area contributed by atoms with Gasteiger partial charge in [0.25, 0.3) is 0 Å². The fourth-order valence-corrected chi connectivity index (χ4v) is 4.81. The predicted molar refractivity (Wildman–Crippen MR) is 118 cm³/mol. The molecule has 2 aliphatic rings. The van der Waals surface area contributed by atoms with E-state index < -0.39 is 11.6 Å². The molecule has 0 saturated heterocycles. The smallest absolute Gasteiger partial charge is 0.228 e. The molecule has 30 heavy (non-hydrogen) atoms. The molecule has 154 valence electrons. The molecule has 4 rings (SSSR count). The van der Waals surface area contributed by atoms with E-state index in [1.807, 2.05) is 18.2 Å². The minimum Gasteiger partial charge on any atom is -0.294 e. The van der Waals surface area contributed by atoms with Crippen molar-refractivity contribution in [1.29, 1.82) is 0 Å². The van der Waals surface area contributed by atoms with E-state index in [0.717, 1.165) is 43.2 Å². The minimum atomic E-state index is -0.463. The third kappa shape index (κ3) is 4.21. The van der Waals surface area contributed by atoms with Crippen LogP contribution >= 0.6 is 0 Å². The number of hydrogen-bond donors (Lipinski definition) is 0. The molecular weight excluding hydrogens is 372 g/mol. The van der Waals surface area contributed by atoms with Gasteiger partial charge in [-0.1, -0.05) is 48.0 Å². The second-order valence-electron chi connectivity index (χ2n) is 8.85. The summed E-state index contributed by atoms with van der Waals surface area (Å²) >= 11 is 0. The van der Waals surface area contributed by atoms with Gasteiger partial charge in [0.1, 0.15) is 0 Å². The Kier molecular flexibility index (Phi) is 5.80. The van der Waals surface area contributed by atoms with Crippen molar-refractivity contribution in [3.8, 4) is 0 Å². The monoisotopic (exact) mass is 400 g/mol. The fourth-order valence-electron chi connectivity index (χ4n) is 4.81. The van der Waals surface area contributed by atoms with Crippen LogP contribution in [0, 0.1) is 18.8 Å². The summed E-state index contributed by atoms with van der Waals surface area (Å²) in [6, 6.07) is 14.4. The summed E-state index contributed by atoms with van der Waals surface area (Å²) in [4.78, 5) is 36.9. The van der Waals surface area contributed by atoms with Crippen molar-refractivity contribution < 1.29 is 14.4 Å². The van der Waals surface area contributed by atoms with Crippen LogP contribution in [0.4, 0.5) is 0 Å². The van der Waals surface area contributed by atoms with Gasteiger partial charge in [-0.05, 0) is 74.1 Å². The third-order valence-corrected chi connectivity index (χ3v) is 6.64. The number of fused-ring (bicyclic) bond motifs is 1. The average Bonchev–Trinajstić information content (AvgIpc) is 3.18. The van der Waals surface area contributed by atoms with E-state index >= 15 is 0 Å². The Labute approximate surface area is 178 Å². The lowest BCUT2D eigenvalue weighted by Gasteiger charge is -2.28. The van der Waals surface area contributed by atoms with E-state index in [1.54, 1.807) is 6.08 Å². The molecule has 2 aliphatic carbocycles. The van der Waals surface area contributed by atoms with Gasteiger partial charge < -0.3 is 0 Å². The second kappa shape index (κ2) is 8.51. The summed E-state index contributed by atoms with van der Waals surface area (Å²) in [5.74, 6) is -0.0602. The predicted octanol–water partition coefficient (Wildman–Crippen LogP) is 5.32. The van der Waals surface area contributed by atoms with Crippen molar-refractivity contribution in [2.75, 3.05) is 0 Å². The summed E-state index contributed by atoms with van der Waals surface area (Å²) in [6.45, 7) is 3.40. The van der Waals surface area contributed by atoms with E-state index in [1.165, 1.54) is 18.1 Å². The first-order valence-corrected chi connectivity index (χ1v) is 10.9. The first-order chi connectivity index (χ1) is 14.4. The van der Waals surface area contributed by atoms with Crippen LogP contribution in [0.3, 0.4) is 0 Å². The Morgan fingerprint density at radius 2 is 1.63 bits per heavy atom. The van der Waals surface area contributed by atoms with Gasteiger partial charge in [0.2, 0.25) is 5.78 Å². The van der Waals surface area contributed by atoms with E-state index in [0.29, 0.717) is 23.5 Å². The largest absolute Gasteiger partial charge is 0.294 e. The molecule has 0 aromatic heterocycles. The molecule has 0 bridgehead atoms. The Morgan fingerprint density at radius 1 is 0.933 bits per heavy atom. The summed E-state index contributed by atoms with van der Waals surface area (Å²) in [7, 11) is 0. The summed E-state index contributed by atoms with van der Waals surface area (Å²) < 4.78 is 0. The van der Waals surface area contributed by atoms with Gasteiger partial charge in [0, 0.05) is 24.0 Å². The quantitative estimate of drug-likeness (QED) is 0.487. The summed E-state index contributed by atoms with van der Waals surface area (Å²) in [6.07, 6.45) is 7.51. The summed E-state index contributed by atoms with van der Waals surface area (Å²) in [5, 5.41) is 0. The van der Waals surface area contributed by atoms with Crippen LogP contribution < -0.4 is 0 Å². The Hall–Kier alpha value is -2.81. The summed E-state index contributed by atoms with van der Waals surface area (Å²) in [5.41, 5.74) is 5.55. The molecule has 0 aliphatic heterocycles. The van der Waals surface area contributed by atoms with Crippen LogP contribution in [-0.2, 0) is 22.4 Å². The van der Waals surface area contributed by atoms with Crippen LogP contribution in [0.5, 0.6) is 0 Å². The number of carbonyl (C=O) groups excluding carboxylic acids is 3. The Morgan fingerprint density at radius 3 is 2.30 bits per heavy atom. The SMILES string of the molecule is CC(=O)C(=O)C1=CCc2ccc(C(=O)C3CCC(Cc4ccc(C)cc4)CC3)cc21. The molecule has 0 radical (unpaired) electrons. The molecule has 2 aromatic rings. The highest BCUT2D eigenvalue weighted by Gasteiger charge is 2.29. The van der Waals surface area contributed by atoms with Crippen LogP contribution in [0.1, 0.15) is 65.2 Å². The lowest BCUT2D eigenvalue weighted by molar-refractivity contribution is -0.131. The molecule has 0 spiro atoms. The molecule has 1 fully saturated rings. The normalized spacial score (nSPS) is 20.4. The zero-order valence-corrected chi connectivity index (χ0v) is 17.7. The van der Waals surface area contributed by atoms with E-state index in [2.05, 4.69) is 31.2 Å². The van der Waals surface area contributed by atoms with Gasteiger partial charge in [-0.25, -0.2) is 0 Å². The van der Waals surface area contributed by atoms with Crippen molar-refractivity contribution in [3.63, 3.8) is 0 Å². The van der Waals surface area contributed by atoms with E-state index in [4.69, 9.17) is 0 Å². The zero-order chi connectivity index (χ0) is 21.3. The molecule has 2 aromatic carbocycles. The fraction of sp³-hybridized carbons (Fsp3) is 0.370. The molecule has 3 heteroatoms. The van der Waals surface area contributed by atoms with Crippen LogP contribution in [0.2, 0.25) is 0 Å². The highest BCUT2D eigenvalue weighted by molar-refractivity contribution is 6.53. The molecule has 3 nitrogen and oxygen atoms in total. The standard InChI is InChI=1S/C27H28O3/c1-17-3-5-19(6-4-17)15-20-7-9-22(10-8-20)27(30)23-12-11-21-13-14-24(25(21)16-23)26(29)18(2)28/h3-6,11-12,14,16,20,22H,7-10,13,15H2,1-2H3. The van der Waals surface area contributed by atoms with E-state index in [9.17, 15) is 14.4 Å². The number of carbonyl (C=O) groups is 3. The highest BCUT2D eigenvalue weighted by atomic mass is 16.2. The highest BCUT2D eigenvalue weighted by Crippen LogP contribution is 2.35. The molecular formula is C27H28O3. The maximum atomic E-state index is 13.1. The first-order valence-electron chi connectivity index (χ1n) is 10.9. The number of hydrogen-bond acceptors (Lipinski definition) is 3. The van der Waals surface area contributed by atoms with Gasteiger partial charge in [-0.3, -0.25) is 14.4 Å². The van der Waals surface area contributed by atoms with Crippen LogP contribution in [0.25, 0.3) is 5.57 Å². The number of benzene rings is 2. The second-order valence-corrected chi connectivity index (χ2v) is 8.85. The number of aryl methyl sites for hydroxylation is 1. The van der Waals surface area contributed by atoms with Gasteiger partial charge in [-0.2, -0.15) is 0 Å². The zero-order valence-electron chi connectivity index (χ0n) is 17.7. The van der Waals surface area contributed by atoms with Gasteiger partial charge in [0.15, 0.2) is 11.6 Å². The minimum absolute atomic E-state index is 0.0506. The van der Waals surface area contributed by atoms with Crippen molar-refractivity contribution in [2.45, 2.75) is 52.4 Å². The lowest BCUT2D eigenvalue weighted by Crippen LogP contribution is -2.23. The van der Waals surface area contributed by atoms with Gasteiger partial charge >= 0.3 is 0 Å². The van der Waals surface area contributed by atoms with Crippen LogP contribution in [0.15, 0.2) is 48.5 Å². The number of allylic oxidation sites excluding steroid dienone is 2. The Bertz CT molecular complexity index is 1020. The van der Waals surface area contributed by atoms with Crippen molar-refractivity contribution in [2.24, 2.45) is 11.8 Å². The number of ketones is 3. The molecule has 1 saturated carbocycles. The maximum Gasteiger partial charge on any atom is 0.228 e. The number of Topliss-reactive ketones (excluding diaryl/α,β-unsaturated/α-hetero) is 3. The van der Waals surface area contributed by atoms with Crippen LogP contribution in [-0.4, -0.2) is 17.3 Å². The lowest BCUT2D eigenvalue weighted by atomic mass is 9.76. The van der Waals surface area contributed by atoms with E-state index in [-0.39, 0.29) is 11.7 Å². The Balaban J connectivity index is 1.41. The third-order valence-electron chi connectivity index (χ3n) is 6.64. The first kappa shape index (κ1) is 20.5. The van der Waals surface area contributed by atoms with Crippen molar-refractivity contribution in [1.82, 2.24) is 0 Å². The molecule has 0 amide bonds. The topological polar surface area (TPSA) is 51.2 Å².